The summed E-state index contributed by atoms with van der Waals surface area (Å²) in [6.07, 6.45) is 2.12. The first-order valence-corrected chi connectivity index (χ1v) is 8.42. The molecule has 1 atom stereocenters. The van der Waals surface area contributed by atoms with Gasteiger partial charge in [-0.15, -0.1) is 0 Å². The van der Waals surface area contributed by atoms with Crippen molar-refractivity contribution in [2.24, 2.45) is 0 Å². The van der Waals surface area contributed by atoms with Crippen LogP contribution in [0, 0.1) is 6.92 Å². The van der Waals surface area contributed by atoms with E-state index >= 15 is 0 Å². The molecule has 1 aliphatic heterocycles. The molecule has 1 aromatic rings. The molecule has 1 aromatic carbocycles. The van der Waals surface area contributed by atoms with Gasteiger partial charge in [0, 0.05) is 13.6 Å². The maximum atomic E-state index is 12.9. The number of likely N-dealkylation sites (N-methyl/N-ethyl adjacent to an activating group) is 1. The van der Waals surface area contributed by atoms with Gasteiger partial charge in [0.25, 0.3) is 0 Å². The van der Waals surface area contributed by atoms with Crippen molar-refractivity contribution in [1.82, 2.24) is 9.62 Å². The summed E-state index contributed by atoms with van der Waals surface area (Å²) in [6.45, 7) is 2.05. The van der Waals surface area contributed by atoms with Crippen LogP contribution in [0.2, 0.25) is 0 Å². The van der Waals surface area contributed by atoms with Crippen LogP contribution in [-0.4, -0.2) is 38.3 Å². The Bertz CT molecular complexity index is 623. The summed E-state index contributed by atoms with van der Waals surface area (Å²) in [6, 6.07) is 4.34. The number of sulfonamides is 1. The van der Waals surface area contributed by atoms with E-state index in [1.165, 1.54) is 11.4 Å². The van der Waals surface area contributed by atoms with Crippen molar-refractivity contribution < 1.29 is 13.2 Å². The fourth-order valence-corrected chi connectivity index (χ4v) is 4.75. The number of carbonyl (C=O) groups is 1. The number of piperidine rings is 1. The number of rotatable bonds is 3. The number of carbonyl (C=O) groups excluding carboxylic acids is 1. The smallest absolute Gasteiger partial charge is 0.246 e. The van der Waals surface area contributed by atoms with E-state index in [2.05, 4.69) is 5.32 Å². The standard InChI is InChI=1S/C14H21N3O3S/c1-10-6-5-7-11(15)13(10)21(19,20)17-9-4-3-8-12(17)14(18)16-2/h5-7,12H,3-4,8-9,15H2,1-2H3,(H,16,18). The van der Waals surface area contributed by atoms with Gasteiger partial charge >= 0.3 is 0 Å². The molecule has 116 valence electrons. The molecule has 7 heteroatoms. The molecule has 6 nitrogen and oxygen atoms in total. The molecule has 0 aromatic heterocycles. The van der Waals surface area contributed by atoms with Crippen LogP contribution < -0.4 is 11.1 Å². The summed E-state index contributed by atoms with van der Waals surface area (Å²) in [5, 5.41) is 2.54. The number of nitrogens with one attached hydrogen (secondary N) is 1. The Labute approximate surface area is 125 Å². The number of nitrogens with two attached hydrogens (primary N) is 1. The van der Waals surface area contributed by atoms with Crippen LogP contribution in [0.1, 0.15) is 24.8 Å². The Morgan fingerprint density at radius 2 is 2.10 bits per heavy atom. The SMILES string of the molecule is CNC(=O)C1CCCCN1S(=O)(=O)c1c(C)cccc1N. The second-order valence-corrected chi connectivity index (χ2v) is 7.06. The van der Waals surface area contributed by atoms with Gasteiger partial charge in [-0.2, -0.15) is 4.31 Å². The van der Waals surface area contributed by atoms with Crippen molar-refractivity contribution in [3.05, 3.63) is 23.8 Å². The van der Waals surface area contributed by atoms with Crippen molar-refractivity contribution in [3.8, 4) is 0 Å². The maximum absolute atomic E-state index is 12.9. The highest BCUT2D eigenvalue weighted by Crippen LogP contribution is 2.30. The van der Waals surface area contributed by atoms with Crippen molar-refractivity contribution >= 4 is 21.6 Å². The summed E-state index contributed by atoms with van der Waals surface area (Å²) < 4.78 is 27.1. The summed E-state index contributed by atoms with van der Waals surface area (Å²) in [5.74, 6) is -0.273. The molecule has 1 heterocycles. The highest BCUT2D eigenvalue weighted by atomic mass is 32.2. The second kappa shape index (κ2) is 6.03. The van der Waals surface area contributed by atoms with Crippen molar-refractivity contribution in [2.45, 2.75) is 37.1 Å². The minimum atomic E-state index is -3.78. The molecule has 1 aliphatic rings. The molecule has 2 rings (SSSR count). The monoisotopic (exact) mass is 311 g/mol. The van der Waals surface area contributed by atoms with Crippen LogP contribution >= 0.6 is 0 Å². The summed E-state index contributed by atoms with van der Waals surface area (Å²) in [4.78, 5) is 12.1. The average molecular weight is 311 g/mol. The average Bonchev–Trinajstić information content (AvgIpc) is 2.46. The van der Waals surface area contributed by atoms with Crippen LogP contribution in [-0.2, 0) is 14.8 Å². The third-order valence-electron chi connectivity index (χ3n) is 3.81. The number of nitrogen functional groups attached to an aromatic ring is 1. The molecule has 1 fully saturated rings. The Hall–Kier alpha value is -1.60. The van der Waals surface area contributed by atoms with E-state index in [0.717, 1.165) is 12.8 Å². The second-order valence-electron chi connectivity index (χ2n) is 5.23. The molecular formula is C14H21N3O3S. The Morgan fingerprint density at radius 1 is 1.38 bits per heavy atom. The van der Waals surface area contributed by atoms with Gasteiger partial charge in [0.15, 0.2) is 0 Å². The van der Waals surface area contributed by atoms with E-state index in [9.17, 15) is 13.2 Å². The van der Waals surface area contributed by atoms with Crippen molar-refractivity contribution in [2.75, 3.05) is 19.3 Å². The molecule has 0 radical (unpaired) electrons. The lowest BCUT2D eigenvalue weighted by atomic mass is 10.0. The Kier molecular flexibility index (Phi) is 4.53. The van der Waals surface area contributed by atoms with Gasteiger partial charge in [0.2, 0.25) is 15.9 Å². The lowest BCUT2D eigenvalue weighted by molar-refractivity contribution is -0.125. The molecule has 0 saturated carbocycles. The first kappa shape index (κ1) is 15.8. The van der Waals surface area contributed by atoms with Gasteiger partial charge in [0.05, 0.1) is 5.69 Å². The number of nitrogens with zero attached hydrogens (tertiary/aromatic N) is 1. The number of amides is 1. The van der Waals surface area contributed by atoms with E-state index in [4.69, 9.17) is 5.73 Å². The number of hydrogen-bond donors (Lipinski definition) is 2. The van der Waals surface area contributed by atoms with E-state index in [1.807, 2.05) is 0 Å². The van der Waals surface area contributed by atoms with Gasteiger partial charge in [-0.25, -0.2) is 8.42 Å². The Balaban J connectivity index is 2.48. The minimum Gasteiger partial charge on any atom is -0.398 e. The predicted octanol–water partition coefficient (Wildman–Crippen LogP) is 0.866. The molecule has 3 N–H and O–H groups in total. The number of anilines is 1. The number of aryl methyl sites for hydroxylation is 1. The number of benzene rings is 1. The number of hydrogen-bond acceptors (Lipinski definition) is 4. The van der Waals surface area contributed by atoms with Crippen molar-refractivity contribution in [1.29, 1.82) is 0 Å². The fraction of sp³-hybridized carbons (Fsp3) is 0.500. The highest BCUT2D eigenvalue weighted by Gasteiger charge is 2.38. The zero-order valence-corrected chi connectivity index (χ0v) is 13.1. The molecule has 0 bridgehead atoms. The largest absolute Gasteiger partial charge is 0.398 e. The third kappa shape index (κ3) is 2.89. The van der Waals surface area contributed by atoms with Crippen LogP contribution in [0.5, 0.6) is 0 Å². The zero-order valence-electron chi connectivity index (χ0n) is 12.3. The summed E-state index contributed by atoms with van der Waals surface area (Å²) in [7, 11) is -2.26. The van der Waals surface area contributed by atoms with Gasteiger partial charge in [0.1, 0.15) is 10.9 Å². The van der Waals surface area contributed by atoms with Crippen LogP contribution in [0.3, 0.4) is 0 Å². The van der Waals surface area contributed by atoms with Gasteiger partial charge in [-0.3, -0.25) is 4.79 Å². The van der Waals surface area contributed by atoms with Crippen LogP contribution in [0.25, 0.3) is 0 Å². The molecule has 0 aliphatic carbocycles. The van der Waals surface area contributed by atoms with Crippen molar-refractivity contribution in [3.63, 3.8) is 0 Å². The van der Waals surface area contributed by atoms with Crippen LogP contribution in [0.15, 0.2) is 23.1 Å². The minimum absolute atomic E-state index is 0.112. The van der Waals surface area contributed by atoms with Gasteiger partial charge in [-0.1, -0.05) is 18.6 Å². The normalized spacial score (nSPS) is 20.2. The molecule has 1 saturated heterocycles. The molecule has 1 unspecified atom stereocenters. The maximum Gasteiger partial charge on any atom is 0.246 e. The molecular weight excluding hydrogens is 290 g/mol. The third-order valence-corrected chi connectivity index (χ3v) is 5.94. The zero-order chi connectivity index (χ0) is 15.6. The predicted molar refractivity (Wildman–Crippen MR) is 81.2 cm³/mol. The topological polar surface area (TPSA) is 92.5 Å². The van der Waals surface area contributed by atoms with E-state index in [-0.39, 0.29) is 16.5 Å². The lowest BCUT2D eigenvalue weighted by Gasteiger charge is -2.34. The molecule has 1 amide bonds. The fourth-order valence-electron chi connectivity index (χ4n) is 2.77. The van der Waals surface area contributed by atoms with Gasteiger partial charge < -0.3 is 11.1 Å². The highest BCUT2D eigenvalue weighted by molar-refractivity contribution is 7.89. The van der Waals surface area contributed by atoms with E-state index in [0.29, 0.717) is 18.5 Å². The quantitative estimate of drug-likeness (QED) is 0.810. The van der Waals surface area contributed by atoms with Crippen LogP contribution in [0.4, 0.5) is 5.69 Å². The summed E-state index contributed by atoms with van der Waals surface area (Å²) in [5.41, 5.74) is 6.67. The Morgan fingerprint density at radius 3 is 2.71 bits per heavy atom. The lowest BCUT2D eigenvalue weighted by Crippen LogP contribution is -2.51. The first-order chi connectivity index (χ1) is 9.89. The first-order valence-electron chi connectivity index (χ1n) is 6.98. The van der Waals surface area contributed by atoms with Gasteiger partial charge in [-0.05, 0) is 31.4 Å². The molecule has 21 heavy (non-hydrogen) atoms. The van der Waals surface area contributed by atoms with E-state index in [1.54, 1.807) is 25.1 Å². The molecule has 0 spiro atoms. The summed E-state index contributed by atoms with van der Waals surface area (Å²) >= 11 is 0. The van der Waals surface area contributed by atoms with E-state index < -0.39 is 16.1 Å².